The number of sulfonamides is 1. The molecule has 1 aliphatic heterocycles. The Hall–Kier alpha value is -1.53. The van der Waals surface area contributed by atoms with Gasteiger partial charge in [-0.25, -0.2) is 8.42 Å². The Labute approximate surface area is 126 Å². The summed E-state index contributed by atoms with van der Waals surface area (Å²) in [7, 11) is -3.57. The lowest BCUT2D eigenvalue weighted by Crippen LogP contribution is -2.29. The highest BCUT2D eigenvalue weighted by Gasteiger charge is 2.31. The number of nitrogen functional groups attached to an aromatic ring is 1. The molecule has 2 aromatic rings. The number of hydrogen-bond donors (Lipinski definition) is 1. The minimum absolute atomic E-state index is 0.239. The van der Waals surface area contributed by atoms with Gasteiger partial charge in [-0.3, -0.25) is 4.31 Å². The van der Waals surface area contributed by atoms with Crippen molar-refractivity contribution in [1.82, 2.24) is 0 Å². The van der Waals surface area contributed by atoms with Gasteiger partial charge in [0.05, 0.1) is 5.69 Å². The molecule has 20 heavy (non-hydrogen) atoms. The van der Waals surface area contributed by atoms with E-state index in [2.05, 4.69) is 15.9 Å². The van der Waals surface area contributed by atoms with E-state index in [9.17, 15) is 8.42 Å². The van der Waals surface area contributed by atoms with Crippen molar-refractivity contribution in [3.63, 3.8) is 0 Å². The molecule has 0 radical (unpaired) electrons. The summed E-state index contributed by atoms with van der Waals surface area (Å²) < 4.78 is 27.5. The fraction of sp³-hybridized carbons (Fsp3) is 0.143. The minimum Gasteiger partial charge on any atom is -0.399 e. The van der Waals surface area contributed by atoms with Crippen LogP contribution in [0.4, 0.5) is 11.4 Å². The van der Waals surface area contributed by atoms with E-state index in [0.29, 0.717) is 16.7 Å². The second kappa shape index (κ2) is 4.79. The van der Waals surface area contributed by atoms with Crippen molar-refractivity contribution in [3.05, 3.63) is 52.5 Å². The number of nitrogens with zero attached hydrogens (tertiary/aromatic N) is 1. The standard InChI is InChI=1S/C14H13BrN2O2S/c15-12-9-11(16)5-6-14(12)20(18,19)17-8-7-10-3-1-2-4-13(10)17/h1-6,9H,7-8,16H2. The van der Waals surface area contributed by atoms with Crippen LogP contribution >= 0.6 is 15.9 Å². The smallest absolute Gasteiger partial charge is 0.265 e. The summed E-state index contributed by atoms with van der Waals surface area (Å²) in [6.07, 6.45) is 0.738. The second-order valence-electron chi connectivity index (χ2n) is 4.65. The van der Waals surface area contributed by atoms with Crippen LogP contribution < -0.4 is 10.0 Å². The van der Waals surface area contributed by atoms with Crippen molar-refractivity contribution in [2.75, 3.05) is 16.6 Å². The summed E-state index contributed by atoms with van der Waals surface area (Å²) in [6, 6.07) is 12.3. The van der Waals surface area contributed by atoms with E-state index in [4.69, 9.17) is 5.73 Å². The largest absolute Gasteiger partial charge is 0.399 e. The summed E-state index contributed by atoms with van der Waals surface area (Å²) in [4.78, 5) is 0.239. The average Bonchev–Trinajstić information content (AvgIpc) is 2.82. The zero-order valence-electron chi connectivity index (χ0n) is 10.6. The van der Waals surface area contributed by atoms with E-state index in [1.165, 1.54) is 10.4 Å². The van der Waals surface area contributed by atoms with E-state index in [-0.39, 0.29) is 4.90 Å². The fourth-order valence-electron chi connectivity index (χ4n) is 2.40. The number of halogens is 1. The first-order valence-corrected chi connectivity index (χ1v) is 8.39. The van der Waals surface area contributed by atoms with Crippen LogP contribution in [0.25, 0.3) is 0 Å². The topological polar surface area (TPSA) is 63.4 Å². The molecule has 3 rings (SSSR count). The van der Waals surface area contributed by atoms with Gasteiger partial charge in [0.15, 0.2) is 0 Å². The second-order valence-corrected chi connectivity index (χ2v) is 7.33. The van der Waals surface area contributed by atoms with Crippen molar-refractivity contribution in [2.24, 2.45) is 0 Å². The van der Waals surface area contributed by atoms with Gasteiger partial charge in [-0.05, 0) is 52.2 Å². The highest BCUT2D eigenvalue weighted by Crippen LogP contribution is 2.35. The highest BCUT2D eigenvalue weighted by atomic mass is 79.9. The molecule has 0 aliphatic carbocycles. The quantitative estimate of drug-likeness (QED) is 0.845. The van der Waals surface area contributed by atoms with Crippen LogP contribution in [0.1, 0.15) is 5.56 Å². The molecule has 0 unspecified atom stereocenters. The van der Waals surface area contributed by atoms with Crippen LogP contribution in [0.2, 0.25) is 0 Å². The van der Waals surface area contributed by atoms with Crippen LogP contribution in [0.15, 0.2) is 51.8 Å². The summed E-state index contributed by atoms with van der Waals surface area (Å²) in [5.41, 5.74) is 8.01. The van der Waals surface area contributed by atoms with Crippen LogP contribution in [-0.2, 0) is 16.4 Å². The van der Waals surface area contributed by atoms with Gasteiger partial charge >= 0.3 is 0 Å². The summed E-state index contributed by atoms with van der Waals surface area (Å²) >= 11 is 3.28. The molecule has 1 aliphatic rings. The predicted molar refractivity (Wildman–Crippen MR) is 83.2 cm³/mol. The van der Waals surface area contributed by atoms with Gasteiger partial charge in [-0.15, -0.1) is 0 Å². The average molecular weight is 353 g/mol. The molecule has 2 N–H and O–H groups in total. The highest BCUT2D eigenvalue weighted by molar-refractivity contribution is 9.10. The van der Waals surface area contributed by atoms with Gasteiger partial charge in [0.25, 0.3) is 10.0 Å². The van der Waals surface area contributed by atoms with Crippen molar-refractivity contribution < 1.29 is 8.42 Å². The Morgan fingerprint density at radius 1 is 1.15 bits per heavy atom. The molecule has 0 bridgehead atoms. The molecular formula is C14H13BrN2O2S. The third kappa shape index (κ3) is 2.09. The number of fused-ring (bicyclic) bond motifs is 1. The summed E-state index contributed by atoms with van der Waals surface area (Å²) in [5.74, 6) is 0. The molecule has 0 spiro atoms. The molecular weight excluding hydrogens is 340 g/mol. The van der Waals surface area contributed by atoms with E-state index in [0.717, 1.165) is 17.7 Å². The van der Waals surface area contributed by atoms with Gasteiger partial charge in [0, 0.05) is 16.7 Å². The van der Waals surface area contributed by atoms with Gasteiger partial charge in [0.2, 0.25) is 0 Å². The predicted octanol–water partition coefficient (Wildman–Crippen LogP) is 2.78. The fourth-order valence-corrected chi connectivity index (χ4v) is 4.96. The molecule has 1 heterocycles. The van der Waals surface area contributed by atoms with Crippen molar-refractivity contribution in [3.8, 4) is 0 Å². The Kier molecular flexibility index (Phi) is 3.22. The maximum atomic E-state index is 12.8. The first kappa shape index (κ1) is 13.5. The minimum atomic E-state index is -3.57. The van der Waals surface area contributed by atoms with E-state index < -0.39 is 10.0 Å². The Bertz CT molecular complexity index is 774. The first-order chi connectivity index (χ1) is 9.50. The van der Waals surface area contributed by atoms with E-state index >= 15 is 0 Å². The molecule has 0 aromatic heterocycles. The van der Waals surface area contributed by atoms with Gasteiger partial charge in [-0.1, -0.05) is 18.2 Å². The van der Waals surface area contributed by atoms with Crippen LogP contribution in [-0.4, -0.2) is 15.0 Å². The molecule has 0 atom stereocenters. The number of para-hydroxylation sites is 1. The van der Waals surface area contributed by atoms with Crippen LogP contribution in [0.3, 0.4) is 0 Å². The molecule has 0 fully saturated rings. The molecule has 0 amide bonds. The number of benzene rings is 2. The molecule has 2 aromatic carbocycles. The Morgan fingerprint density at radius 3 is 2.65 bits per heavy atom. The van der Waals surface area contributed by atoms with Crippen molar-refractivity contribution in [2.45, 2.75) is 11.3 Å². The van der Waals surface area contributed by atoms with Gasteiger partial charge in [-0.2, -0.15) is 0 Å². The third-order valence-corrected chi connectivity index (χ3v) is 6.16. The first-order valence-electron chi connectivity index (χ1n) is 6.16. The monoisotopic (exact) mass is 352 g/mol. The molecule has 6 heteroatoms. The lowest BCUT2D eigenvalue weighted by Gasteiger charge is -2.20. The maximum absolute atomic E-state index is 12.8. The zero-order valence-corrected chi connectivity index (χ0v) is 13.0. The number of anilines is 2. The number of hydrogen-bond acceptors (Lipinski definition) is 3. The summed E-state index contributed by atoms with van der Waals surface area (Å²) in [5, 5.41) is 0. The van der Waals surface area contributed by atoms with E-state index in [1.54, 1.807) is 12.1 Å². The lowest BCUT2D eigenvalue weighted by atomic mass is 10.2. The Balaban J connectivity index is 2.10. The van der Waals surface area contributed by atoms with E-state index in [1.807, 2.05) is 24.3 Å². The van der Waals surface area contributed by atoms with Gasteiger partial charge < -0.3 is 5.73 Å². The number of nitrogens with two attached hydrogens (primary N) is 1. The molecule has 104 valence electrons. The maximum Gasteiger partial charge on any atom is 0.265 e. The molecule has 4 nitrogen and oxygen atoms in total. The zero-order chi connectivity index (χ0) is 14.3. The SMILES string of the molecule is Nc1ccc(S(=O)(=O)N2CCc3ccccc32)c(Br)c1. The van der Waals surface area contributed by atoms with Crippen molar-refractivity contribution >= 4 is 37.3 Å². The summed E-state index contributed by atoms with van der Waals surface area (Å²) in [6.45, 7) is 0.471. The third-order valence-electron chi connectivity index (χ3n) is 3.37. The van der Waals surface area contributed by atoms with Crippen LogP contribution in [0.5, 0.6) is 0 Å². The van der Waals surface area contributed by atoms with Gasteiger partial charge in [0.1, 0.15) is 4.90 Å². The Morgan fingerprint density at radius 2 is 1.90 bits per heavy atom. The molecule has 0 saturated heterocycles. The molecule has 0 saturated carbocycles. The normalized spacial score (nSPS) is 14.3. The lowest BCUT2D eigenvalue weighted by molar-refractivity contribution is 0.592. The van der Waals surface area contributed by atoms with Crippen molar-refractivity contribution in [1.29, 1.82) is 0 Å². The van der Waals surface area contributed by atoms with Crippen LogP contribution in [0, 0.1) is 0 Å². The number of rotatable bonds is 2.